The van der Waals surface area contributed by atoms with Crippen LogP contribution in [0.2, 0.25) is 0 Å². The number of aryl methyl sites for hydroxylation is 1. The zero-order chi connectivity index (χ0) is 15.0. The molecule has 5 heteroatoms. The van der Waals surface area contributed by atoms with E-state index in [1.165, 1.54) is 6.07 Å². The van der Waals surface area contributed by atoms with Crippen LogP contribution >= 0.6 is 0 Å². The first kappa shape index (κ1) is 13.6. The highest BCUT2D eigenvalue weighted by atomic mass is 19.1. The molecule has 0 radical (unpaired) electrons. The maximum Gasteiger partial charge on any atom is 0.128 e. The third-order valence-electron chi connectivity index (χ3n) is 4.13. The molecule has 0 amide bonds. The minimum absolute atomic E-state index is 0.104. The summed E-state index contributed by atoms with van der Waals surface area (Å²) in [5.41, 5.74) is 4.61. The summed E-state index contributed by atoms with van der Waals surface area (Å²) in [7, 11) is 0. The Kier molecular flexibility index (Phi) is 3.38. The van der Waals surface area contributed by atoms with Crippen molar-refractivity contribution in [3.8, 4) is 6.07 Å². The molecule has 2 aromatic rings. The monoisotopic (exact) mass is 284 g/mol. The maximum absolute atomic E-state index is 13.8. The minimum Gasteiger partial charge on any atom is -0.375 e. The van der Waals surface area contributed by atoms with Gasteiger partial charge < -0.3 is 5.32 Å². The zero-order valence-corrected chi connectivity index (χ0v) is 12.2. The van der Waals surface area contributed by atoms with Crippen LogP contribution in [0, 0.1) is 31.0 Å². The first-order valence-corrected chi connectivity index (χ1v) is 7.06. The normalized spacial score (nSPS) is 16.6. The van der Waals surface area contributed by atoms with Gasteiger partial charge in [0, 0.05) is 0 Å². The second-order valence-corrected chi connectivity index (χ2v) is 5.40. The van der Waals surface area contributed by atoms with Gasteiger partial charge in [-0.25, -0.2) is 4.39 Å². The minimum atomic E-state index is -0.120. The average molecular weight is 284 g/mol. The predicted octanol–water partition coefficient (Wildman–Crippen LogP) is 3.26. The van der Waals surface area contributed by atoms with Crippen molar-refractivity contribution < 1.29 is 4.39 Å². The van der Waals surface area contributed by atoms with Crippen LogP contribution in [0.15, 0.2) is 18.2 Å². The highest BCUT2D eigenvalue weighted by Gasteiger charge is 2.26. The Labute approximate surface area is 123 Å². The molecule has 108 valence electrons. The van der Waals surface area contributed by atoms with Crippen LogP contribution in [0.1, 0.15) is 35.0 Å². The number of rotatable bonds is 3. The van der Waals surface area contributed by atoms with Gasteiger partial charge in [0.2, 0.25) is 0 Å². The summed E-state index contributed by atoms with van der Waals surface area (Å²) in [4.78, 5) is 0. The fourth-order valence-electron chi connectivity index (χ4n) is 3.06. The molecule has 1 unspecified atom stereocenters. The van der Waals surface area contributed by atoms with Crippen LogP contribution in [0.3, 0.4) is 0 Å². The molecule has 21 heavy (non-hydrogen) atoms. The number of benzene rings is 1. The molecule has 1 aliphatic carbocycles. The molecule has 0 bridgehead atoms. The molecule has 1 aromatic heterocycles. The quantitative estimate of drug-likeness (QED) is 0.941. The van der Waals surface area contributed by atoms with Gasteiger partial charge in [0.15, 0.2) is 0 Å². The molecule has 4 nitrogen and oxygen atoms in total. The molecule has 1 atom stereocenters. The van der Waals surface area contributed by atoms with Gasteiger partial charge in [0.25, 0.3) is 0 Å². The molecular weight excluding hydrogens is 267 g/mol. The number of hydrogen-bond donors (Lipinski definition) is 1. The molecule has 0 fully saturated rings. The third kappa shape index (κ3) is 2.27. The second-order valence-electron chi connectivity index (χ2n) is 5.40. The highest BCUT2D eigenvalue weighted by Crippen LogP contribution is 2.36. The first-order valence-electron chi connectivity index (χ1n) is 7.06. The lowest BCUT2D eigenvalue weighted by Gasteiger charge is -2.16. The van der Waals surface area contributed by atoms with Gasteiger partial charge in [0.1, 0.15) is 12.4 Å². The summed E-state index contributed by atoms with van der Waals surface area (Å²) in [6, 6.07) is 7.46. The van der Waals surface area contributed by atoms with E-state index < -0.39 is 0 Å². The van der Waals surface area contributed by atoms with E-state index in [2.05, 4.69) is 16.5 Å². The largest absolute Gasteiger partial charge is 0.375 e. The molecule has 1 N–H and O–H groups in total. The van der Waals surface area contributed by atoms with E-state index in [0.717, 1.165) is 41.0 Å². The molecular formula is C16H17FN4. The maximum atomic E-state index is 13.8. The second kappa shape index (κ2) is 5.21. The van der Waals surface area contributed by atoms with Crippen molar-refractivity contribution in [2.75, 3.05) is 5.32 Å². The zero-order valence-electron chi connectivity index (χ0n) is 12.2. The summed E-state index contributed by atoms with van der Waals surface area (Å²) in [6.45, 7) is 4.11. The van der Waals surface area contributed by atoms with Gasteiger partial charge in [0.05, 0.1) is 29.2 Å². The van der Waals surface area contributed by atoms with E-state index in [4.69, 9.17) is 5.26 Å². The van der Waals surface area contributed by atoms with Gasteiger partial charge in [-0.3, -0.25) is 4.68 Å². The standard InChI is InChI=1S/C16H17FN4/c1-10-16(11(2)21(20-10)9-8-18)19-15-7-6-12-13(15)4-3-5-14(12)17/h3-5,15,19H,6-7,9H2,1-2H3. The van der Waals surface area contributed by atoms with Gasteiger partial charge in [-0.05, 0) is 43.9 Å². The first-order chi connectivity index (χ1) is 10.1. The van der Waals surface area contributed by atoms with Gasteiger partial charge in [-0.15, -0.1) is 0 Å². The molecule has 1 heterocycles. The number of nitriles is 1. The Hall–Kier alpha value is -2.35. The van der Waals surface area contributed by atoms with Crippen LogP contribution in [0.5, 0.6) is 0 Å². The number of hydrogen-bond acceptors (Lipinski definition) is 3. The molecule has 1 aromatic carbocycles. The Morgan fingerprint density at radius 1 is 1.48 bits per heavy atom. The molecule has 0 saturated carbocycles. The average Bonchev–Trinajstić information content (AvgIpc) is 2.98. The Morgan fingerprint density at radius 3 is 3.05 bits per heavy atom. The Morgan fingerprint density at radius 2 is 2.29 bits per heavy atom. The summed E-state index contributed by atoms with van der Waals surface area (Å²) < 4.78 is 15.5. The number of nitrogens with one attached hydrogen (secondary N) is 1. The summed E-state index contributed by atoms with van der Waals surface area (Å²) in [6.07, 6.45) is 1.63. The Bertz CT molecular complexity index is 727. The van der Waals surface area contributed by atoms with Crippen molar-refractivity contribution in [3.63, 3.8) is 0 Å². The smallest absolute Gasteiger partial charge is 0.128 e. The van der Waals surface area contributed by atoms with Gasteiger partial charge >= 0.3 is 0 Å². The number of nitrogens with zero attached hydrogens (tertiary/aromatic N) is 3. The fraction of sp³-hybridized carbons (Fsp3) is 0.375. The van der Waals surface area contributed by atoms with Crippen LogP contribution in [-0.4, -0.2) is 9.78 Å². The lowest BCUT2D eigenvalue weighted by atomic mass is 10.1. The summed E-state index contributed by atoms with van der Waals surface area (Å²) >= 11 is 0. The van der Waals surface area contributed by atoms with Gasteiger partial charge in [-0.2, -0.15) is 10.4 Å². The van der Waals surface area contributed by atoms with E-state index in [0.29, 0.717) is 0 Å². The van der Waals surface area contributed by atoms with Crippen molar-refractivity contribution in [2.45, 2.75) is 39.3 Å². The van der Waals surface area contributed by atoms with Crippen molar-refractivity contribution in [1.29, 1.82) is 5.26 Å². The lowest BCUT2D eigenvalue weighted by molar-refractivity contribution is 0.612. The molecule has 3 rings (SSSR count). The van der Waals surface area contributed by atoms with E-state index in [1.54, 1.807) is 10.7 Å². The molecule has 1 aliphatic rings. The van der Waals surface area contributed by atoms with Crippen LogP contribution < -0.4 is 5.32 Å². The van der Waals surface area contributed by atoms with Crippen molar-refractivity contribution >= 4 is 5.69 Å². The van der Waals surface area contributed by atoms with E-state index in [1.807, 2.05) is 19.9 Å². The SMILES string of the molecule is Cc1nn(CC#N)c(C)c1NC1CCc2c(F)cccc21. The van der Waals surface area contributed by atoms with E-state index >= 15 is 0 Å². The Balaban J connectivity index is 1.90. The van der Waals surface area contributed by atoms with Crippen LogP contribution in [0.4, 0.5) is 10.1 Å². The van der Waals surface area contributed by atoms with Gasteiger partial charge in [-0.1, -0.05) is 12.1 Å². The van der Waals surface area contributed by atoms with E-state index in [-0.39, 0.29) is 18.4 Å². The topological polar surface area (TPSA) is 53.6 Å². The molecule has 0 aliphatic heterocycles. The van der Waals surface area contributed by atoms with Crippen molar-refractivity contribution in [3.05, 3.63) is 46.5 Å². The number of anilines is 1. The fourth-order valence-corrected chi connectivity index (χ4v) is 3.06. The number of halogens is 1. The van der Waals surface area contributed by atoms with Crippen LogP contribution in [-0.2, 0) is 13.0 Å². The third-order valence-corrected chi connectivity index (χ3v) is 4.13. The molecule has 0 spiro atoms. The van der Waals surface area contributed by atoms with Crippen molar-refractivity contribution in [2.24, 2.45) is 0 Å². The summed E-state index contributed by atoms with van der Waals surface area (Å²) in [5.74, 6) is -0.120. The highest BCUT2D eigenvalue weighted by molar-refractivity contribution is 5.55. The van der Waals surface area contributed by atoms with Crippen molar-refractivity contribution in [1.82, 2.24) is 9.78 Å². The number of fused-ring (bicyclic) bond motifs is 1. The van der Waals surface area contributed by atoms with E-state index in [9.17, 15) is 4.39 Å². The number of aromatic nitrogens is 2. The van der Waals surface area contributed by atoms with Crippen LogP contribution in [0.25, 0.3) is 0 Å². The molecule has 0 saturated heterocycles. The lowest BCUT2D eigenvalue weighted by Crippen LogP contribution is -2.09. The predicted molar refractivity (Wildman–Crippen MR) is 78.4 cm³/mol. The summed E-state index contributed by atoms with van der Waals surface area (Å²) in [5, 5.41) is 16.7.